The summed E-state index contributed by atoms with van der Waals surface area (Å²) >= 11 is 0. The highest BCUT2D eigenvalue weighted by Crippen LogP contribution is 2.43. The normalized spacial score (nSPS) is 16.9. The fraction of sp³-hybridized carbons (Fsp3) is 0.364. The van der Waals surface area contributed by atoms with Gasteiger partial charge in [0.15, 0.2) is 11.5 Å². The van der Waals surface area contributed by atoms with Crippen molar-refractivity contribution < 1.29 is 14.3 Å². The molecule has 1 N–H and O–H groups in total. The Bertz CT molecular complexity index is 1040. The van der Waals surface area contributed by atoms with Crippen molar-refractivity contribution in [3.8, 4) is 17.2 Å². The lowest BCUT2D eigenvalue weighted by Crippen LogP contribution is -2.42. The molecule has 1 fully saturated rings. The highest BCUT2D eigenvalue weighted by molar-refractivity contribution is 5.94. The van der Waals surface area contributed by atoms with E-state index in [0.717, 1.165) is 42.9 Å². The van der Waals surface area contributed by atoms with Gasteiger partial charge in [0.05, 0.1) is 5.69 Å². The summed E-state index contributed by atoms with van der Waals surface area (Å²) in [5.74, 6) is 1.47. The van der Waals surface area contributed by atoms with Gasteiger partial charge in [-0.2, -0.15) is 0 Å². The molecule has 2 aliphatic rings. The molecule has 0 bridgehead atoms. The Labute approximate surface area is 174 Å². The van der Waals surface area contributed by atoms with Gasteiger partial charge in [-0.25, -0.2) is 4.68 Å². The Morgan fingerprint density at radius 2 is 1.93 bits per heavy atom. The average molecular weight is 405 g/mol. The summed E-state index contributed by atoms with van der Waals surface area (Å²) in [5.41, 5.74) is 2.44. The first-order chi connectivity index (χ1) is 14.7. The minimum atomic E-state index is -0.101. The Morgan fingerprint density at radius 3 is 2.77 bits per heavy atom. The Kier molecular flexibility index (Phi) is 4.82. The van der Waals surface area contributed by atoms with Gasteiger partial charge in [-0.1, -0.05) is 31.4 Å². The molecule has 0 spiro atoms. The lowest BCUT2D eigenvalue weighted by molar-refractivity contribution is 0.0936. The van der Waals surface area contributed by atoms with Crippen LogP contribution in [0.1, 0.15) is 48.0 Å². The fourth-order valence-electron chi connectivity index (χ4n) is 4.44. The van der Waals surface area contributed by atoms with Gasteiger partial charge < -0.3 is 14.8 Å². The first-order valence-electron chi connectivity index (χ1n) is 10.3. The maximum Gasteiger partial charge on any atom is 0.251 e. The molecule has 5 rings (SSSR count). The predicted octanol–water partition coefficient (Wildman–Crippen LogP) is 3.02. The number of tetrazole rings is 1. The van der Waals surface area contributed by atoms with Crippen LogP contribution in [0, 0.1) is 0 Å². The van der Waals surface area contributed by atoms with Crippen molar-refractivity contribution in [2.45, 2.75) is 37.5 Å². The van der Waals surface area contributed by atoms with Crippen molar-refractivity contribution in [2.24, 2.45) is 0 Å². The van der Waals surface area contributed by atoms with E-state index in [2.05, 4.69) is 33.0 Å². The lowest BCUT2D eigenvalue weighted by Gasteiger charge is -2.38. The Hall–Kier alpha value is -3.42. The Balaban J connectivity index is 1.36. The average Bonchev–Trinajstić information content (AvgIpc) is 3.50. The second-order valence-electron chi connectivity index (χ2n) is 7.90. The van der Waals surface area contributed by atoms with Gasteiger partial charge in [0.25, 0.3) is 5.91 Å². The van der Waals surface area contributed by atoms with Crippen LogP contribution in [0.3, 0.4) is 0 Å². The van der Waals surface area contributed by atoms with E-state index in [1.807, 2.05) is 18.2 Å². The number of hydrogen-bond donors (Lipinski definition) is 1. The third-order valence-electron chi connectivity index (χ3n) is 6.10. The minimum Gasteiger partial charge on any atom is -0.454 e. The second-order valence-corrected chi connectivity index (χ2v) is 7.90. The van der Waals surface area contributed by atoms with E-state index < -0.39 is 0 Å². The van der Waals surface area contributed by atoms with Crippen LogP contribution in [0.25, 0.3) is 5.69 Å². The zero-order valence-corrected chi connectivity index (χ0v) is 16.6. The topological polar surface area (TPSA) is 91.2 Å². The number of amides is 1. The number of nitrogens with zero attached hydrogens (tertiary/aromatic N) is 4. The fourth-order valence-corrected chi connectivity index (χ4v) is 4.44. The molecule has 0 atom stereocenters. The number of fused-ring (bicyclic) bond motifs is 1. The molecular weight excluding hydrogens is 382 g/mol. The van der Waals surface area contributed by atoms with Crippen LogP contribution >= 0.6 is 0 Å². The van der Waals surface area contributed by atoms with Gasteiger partial charge in [0.1, 0.15) is 6.33 Å². The van der Waals surface area contributed by atoms with Crippen LogP contribution in [0.15, 0.2) is 48.8 Å². The molecule has 0 radical (unpaired) electrons. The smallest absolute Gasteiger partial charge is 0.251 e. The molecule has 0 saturated heterocycles. The molecule has 1 saturated carbocycles. The number of ether oxygens (including phenoxy) is 2. The van der Waals surface area contributed by atoms with Crippen molar-refractivity contribution in [3.05, 3.63) is 59.9 Å². The maximum atomic E-state index is 13.0. The maximum absolute atomic E-state index is 13.0. The van der Waals surface area contributed by atoms with Crippen LogP contribution in [0.4, 0.5) is 0 Å². The number of rotatable bonds is 5. The first kappa shape index (κ1) is 18.6. The van der Waals surface area contributed by atoms with Gasteiger partial charge in [-0.15, -0.1) is 5.10 Å². The van der Waals surface area contributed by atoms with Crippen molar-refractivity contribution in [1.82, 2.24) is 25.5 Å². The van der Waals surface area contributed by atoms with E-state index in [-0.39, 0.29) is 18.1 Å². The molecule has 0 unspecified atom stereocenters. The van der Waals surface area contributed by atoms with Gasteiger partial charge in [-0.3, -0.25) is 4.79 Å². The van der Waals surface area contributed by atoms with Gasteiger partial charge in [0.2, 0.25) is 6.79 Å². The van der Waals surface area contributed by atoms with Gasteiger partial charge >= 0.3 is 0 Å². The molecule has 2 heterocycles. The Morgan fingerprint density at radius 1 is 1.07 bits per heavy atom. The molecule has 3 aromatic rings. The van der Waals surface area contributed by atoms with E-state index >= 15 is 0 Å². The second kappa shape index (κ2) is 7.78. The predicted molar refractivity (Wildman–Crippen MR) is 109 cm³/mol. The summed E-state index contributed by atoms with van der Waals surface area (Å²) in [6, 6.07) is 13.5. The van der Waals surface area contributed by atoms with Crippen LogP contribution in [-0.2, 0) is 5.41 Å². The largest absolute Gasteiger partial charge is 0.454 e. The molecule has 1 aliphatic carbocycles. The molecule has 1 amide bonds. The quantitative estimate of drug-likeness (QED) is 0.702. The summed E-state index contributed by atoms with van der Waals surface area (Å²) in [4.78, 5) is 13.0. The highest BCUT2D eigenvalue weighted by Gasteiger charge is 2.35. The number of carbonyl (C=O) groups excluding carboxylic acids is 1. The summed E-state index contributed by atoms with van der Waals surface area (Å²) < 4.78 is 12.6. The standard InChI is InChI=1S/C22H23N5O3/c28-21(16-5-4-6-18(11-16)27-14-24-25-26-27)23-13-22(9-2-1-3-10-22)17-7-8-19-20(12-17)30-15-29-19/h4-8,11-12,14H,1-3,9-10,13,15H2,(H,23,28). The summed E-state index contributed by atoms with van der Waals surface area (Å²) in [6.45, 7) is 0.848. The number of benzene rings is 2. The van der Waals surface area contributed by atoms with Crippen molar-refractivity contribution in [3.63, 3.8) is 0 Å². The zero-order valence-electron chi connectivity index (χ0n) is 16.6. The summed E-state index contributed by atoms with van der Waals surface area (Å²) in [7, 11) is 0. The van der Waals surface area contributed by atoms with Crippen LogP contribution in [0.5, 0.6) is 11.5 Å². The zero-order chi connectivity index (χ0) is 20.4. The number of hydrogen-bond acceptors (Lipinski definition) is 6. The SMILES string of the molecule is O=C(NCC1(c2ccc3c(c2)OCO3)CCCCC1)c1cccc(-n2cnnn2)c1. The van der Waals surface area contributed by atoms with Crippen molar-refractivity contribution in [1.29, 1.82) is 0 Å². The number of nitrogens with one attached hydrogen (secondary N) is 1. The van der Waals surface area contributed by atoms with E-state index in [9.17, 15) is 4.79 Å². The molecule has 8 nitrogen and oxygen atoms in total. The molecule has 1 aromatic heterocycles. The summed E-state index contributed by atoms with van der Waals surface area (Å²) in [5, 5.41) is 14.4. The van der Waals surface area contributed by atoms with Gasteiger partial charge in [-0.05, 0) is 59.2 Å². The molecule has 1 aliphatic heterocycles. The third-order valence-corrected chi connectivity index (χ3v) is 6.10. The summed E-state index contributed by atoms with van der Waals surface area (Å²) in [6.07, 6.45) is 7.12. The first-order valence-corrected chi connectivity index (χ1v) is 10.3. The van der Waals surface area contributed by atoms with E-state index in [0.29, 0.717) is 12.1 Å². The number of carbonyl (C=O) groups is 1. The van der Waals surface area contributed by atoms with Gasteiger partial charge in [0, 0.05) is 17.5 Å². The van der Waals surface area contributed by atoms with Crippen molar-refractivity contribution in [2.75, 3.05) is 13.3 Å². The molecule has 30 heavy (non-hydrogen) atoms. The monoisotopic (exact) mass is 405 g/mol. The van der Waals surface area contributed by atoms with E-state index in [4.69, 9.17) is 9.47 Å². The van der Waals surface area contributed by atoms with E-state index in [1.165, 1.54) is 23.0 Å². The molecule has 8 heteroatoms. The van der Waals surface area contributed by atoms with Crippen LogP contribution < -0.4 is 14.8 Å². The minimum absolute atomic E-state index is 0.0949. The molecule has 2 aromatic carbocycles. The van der Waals surface area contributed by atoms with E-state index in [1.54, 1.807) is 12.1 Å². The van der Waals surface area contributed by atoms with Crippen molar-refractivity contribution >= 4 is 5.91 Å². The molecular formula is C22H23N5O3. The molecule has 154 valence electrons. The highest BCUT2D eigenvalue weighted by atomic mass is 16.7. The third kappa shape index (κ3) is 3.49. The number of aromatic nitrogens is 4. The van der Waals surface area contributed by atoms with Crippen LogP contribution in [0.2, 0.25) is 0 Å². The lowest BCUT2D eigenvalue weighted by atomic mass is 9.69. The van der Waals surface area contributed by atoms with Crippen LogP contribution in [-0.4, -0.2) is 39.5 Å².